The molecule has 1 aliphatic heterocycles. The number of hydrogen-bond donors (Lipinski definition) is 0. The van der Waals surface area contributed by atoms with Crippen LogP contribution in [0.4, 0.5) is 4.39 Å². The Morgan fingerprint density at radius 2 is 1.70 bits per heavy atom. The molecule has 1 aromatic heterocycles. The number of methoxy groups -OCH3 is 3. The third kappa shape index (κ3) is 3.70. The van der Waals surface area contributed by atoms with Gasteiger partial charge in [0.2, 0.25) is 0 Å². The number of nitrogens with zero attached hydrogens (tertiary/aromatic N) is 3. The van der Waals surface area contributed by atoms with Gasteiger partial charge in [-0.25, -0.2) is 9.37 Å². The fourth-order valence-corrected chi connectivity index (χ4v) is 3.89. The normalized spacial score (nSPS) is 14.3. The molecule has 8 heteroatoms. The quantitative estimate of drug-likeness (QED) is 0.641. The van der Waals surface area contributed by atoms with Crippen molar-refractivity contribution in [1.29, 1.82) is 0 Å². The number of rotatable bonds is 5. The Hall–Kier alpha value is -3.13. The van der Waals surface area contributed by atoms with Gasteiger partial charge in [0, 0.05) is 44.2 Å². The zero-order valence-corrected chi connectivity index (χ0v) is 17.3. The van der Waals surface area contributed by atoms with Gasteiger partial charge in [-0.15, -0.1) is 0 Å². The fraction of sp³-hybridized carbons (Fsp3) is 0.364. The maximum atomic E-state index is 13.6. The average Bonchev–Trinajstić information content (AvgIpc) is 2.96. The largest absolute Gasteiger partial charge is 0.496 e. The van der Waals surface area contributed by atoms with Crippen molar-refractivity contribution in [3.63, 3.8) is 0 Å². The van der Waals surface area contributed by atoms with Gasteiger partial charge in [-0.05, 0) is 24.3 Å². The summed E-state index contributed by atoms with van der Waals surface area (Å²) in [6, 6.07) is 7.88. The van der Waals surface area contributed by atoms with Gasteiger partial charge in [0.15, 0.2) is 11.5 Å². The van der Waals surface area contributed by atoms with Crippen molar-refractivity contribution in [3.8, 4) is 17.2 Å². The second-order valence-electron chi connectivity index (χ2n) is 7.19. The van der Waals surface area contributed by atoms with Gasteiger partial charge in [0.05, 0.1) is 32.2 Å². The van der Waals surface area contributed by atoms with Crippen molar-refractivity contribution in [1.82, 2.24) is 14.5 Å². The van der Waals surface area contributed by atoms with Gasteiger partial charge in [0.1, 0.15) is 17.4 Å². The van der Waals surface area contributed by atoms with Crippen LogP contribution in [0.5, 0.6) is 17.2 Å². The standard InChI is InChI=1S/C22H24FN3O4/c1-28-18-12-20(30-3)19(29-2)10-14(18)13-25-7-6-21-24-17-5-4-15(23)11-16(17)22(27)26(21)9-8-25/h4-5,10-12H,6-9,13H2,1-3H3. The molecule has 0 bridgehead atoms. The van der Waals surface area contributed by atoms with Crippen LogP contribution in [-0.4, -0.2) is 48.9 Å². The average molecular weight is 413 g/mol. The molecule has 0 fully saturated rings. The number of fused-ring (bicyclic) bond motifs is 2. The van der Waals surface area contributed by atoms with Gasteiger partial charge in [0.25, 0.3) is 5.56 Å². The molecule has 0 radical (unpaired) electrons. The molecule has 3 aromatic rings. The zero-order valence-electron chi connectivity index (χ0n) is 17.3. The minimum Gasteiger partial charge on any atom is -0.496 e. The molecule has 1 aliphatic rings. The van der Waals surface area contributed by atoms with E-state index in [1.165, 1.54) is 12.1 Å². The molecule has 0 aliphatic carbocycles. The highest BCUT2D eigenvalue weighted by Crippen LogP contribution is 2.35. The van der Waals surface area contributed by atoms with Gasteiger partial charge in [-0.1, -0.05) is 0 Å². The second kappa shape index (κ2) is 8.31. The molecule has 0 unspecified atom stereocenters. The minimum atomic E-state index is -0.433. The van der Waals surface area contributed by atoms with Crippen LogP contribution in [-0.2, 0) is 19.5 Å². The van der Waals surface area contributed by atoms with Gasteiger partial charge < -0.3 is 14.2 Å². The lowest BCUT2D eigenvalue weighted by Crippen LogP contribution is -2.29. The number of aromatic nitrogens is 2. The molecular weight excluding hydrogens is 389 g/mol. The molecule has 4 rings (SSSR count). The first-order valence-electron chi connectivity index (χ1n) is 9.74. The smallest absolute Gasteiger partial charge is 0.261 e. The maximum absolute atomic E-state index is 13.6. The summed E-state index contributed by atoms with van der Waals surface area (Å²) in [7, 11) is 4.81. The van der Waals surface area contributed by atoms with Crippen molar-refractivity contribution in [2.75, 3.05) is 34.4 Å². The molecule has 2 heterocycles. The molecule has 30 heavy (non-hydrogen) atoms. The summed E-state index contributed by atoms with van der Waals surface area (Å²) < 4.78 is 31.6. The van der Waals surface area contributed by atoms with E-state index in [2.05, 4.69) is 9.88 Å². The first-order chi connectivity index (χ1) is 14.5. The minimum absolute atomic E-state index is 0.194. The molecule has 0 atom stereocenters. The van der Waals surface area contributed by atoms with Crippen LogP contribution >= 0.6 is 0 Å². The third-order valence-electron chi connectivity index (χ3n) is 5.47. The van der Waals surface area contributed by atoms with Crippen molar-refractivity contribution < 1.29 is 18.6 Å². The summed E-state index contributed by atoms with van der Waals surface area (Å²) in [5, 5.41) is 0.314. The number of hydrogen-bond acceptors (Lipinski definition) is 6. The van der Waals surface area contributed by atoms with E-state index in [1.54, 1.807) is 32.0 Å². The molecule has 0 amide bonds. The lowest BCUT2D eigenvalue weighted by atomic mass is 10.1. The summed E-state index contributed by atoms with van der Waals surface area (Å²) >= 11 is 0. The summed E-state index contributed by atoms with van der Waals surface area (Å²) in [6.45, 7) is 2.51. The van der Waals surface area contributed by atoms with Gasteiger partial charge in [-0.2, -0.15) is 0 Å². The Balaban J connectivity index is 1.61. The highest BCUT2D eigenvalue weighted by Gasteiger charge is 2.20. The topological polar surface area (TPSA) is 65.8 Å². The predicted octanol–water partition coefficient (Wildman–Crippen LogP) is 2.62. The SMILES string of the molecule is COc1cc(OC)c(OC)cc1CN1CCc2nc3ccc(F)cc3c(=O)n2CC1. The highest BCUT2D eigenvalue weighted by atomic mass is 19.1. The lowest BCUT2D eigenvalue weighted by molar-refractivity contribution is 0.265. The van der Waals surface area contributed by atoms with Crippen molar-refractivity contribution in [3.05, 3.63) is 57.9 Å². The van der Waals surface area contributed by atoms with E-state index in [-0.39, 0.29) is 5.56 Å². The van der Waals surface area contributed by atoms with E-state index < -0.39 is 5.82 Å². The van der Waals surface area contributed by atoms with Crippen LogP contribution in [0.1, 0.15) is 11.4 Å². The van der Waals surface area contributed by atoms with E-state index in [4.69, 9.17) is 14.2 Å². The molecule has 2 aromatic carbocycles. The van der Waals surface area contributed by atoms with E-state index in [1.807, 2.05) is 12.1 Å². The van der Waals surface area contributed by atoms with Crippen LogP contribution < -0.4 is 19.8 Å². The van der Waals surface area contributed by atoms with Crippen molar-refractivity contribution in [2.45, 2.75) is 19.5 Å². The molecule has 7 nitrogen and oxygen atoms in total. The van der Waals surface area contributed by atoms with E-state index in [0.29, 0.717) is 54.2 Å². The summed E-state index contributed by atoms with van der Waals surface area (Å²) in [5.74, 6) is 2.25. The Kier molecular flexibility index (Phi) is 5.59. The van der Waals surface area contributed by atoms with E-state index >= 15 is 0 Å². The summed E-state index contributed by atoms with van der Waals surface area (Å²) in [5.41, 5.74) is 1.30. The summed E-state index contributed by atoms with van der Waals surface area (Å²) in [4.78, 5) is 19.7. The predicted molar refractivity (Wildman–Crippen MR) is 111 cm³/mol. The third-order valence-corrected chi connectivity index (χ3v) is 5.47. The Bertz CT molecular complexity index is 1150. The van der Waals surface area contributed by atoms with Crippen LogP contribution in [0.25, 0.3) is 10.9 Å². The Morgan fingerprint density at radius 1 is 0.967 bits per heavy atom. The number of ether oxygens (including phenoxy) is 3. The fourth-order valence-electron chi connectivity index (χ4n) is 3.89. The van der Waals surface area contributed by atoms with Crippen LogP contribution in [0.2, 0.25) is 0 Å². The maximum Gasteiger partial charge on any atom is 0.261 e. The molecule has 158 valence electrons. The first-order valence-corrected chi connectivity index (χ1v) is 9.74. The molecule has 0 saturated carbocycles. The second-order valence-corrected chi connectivity index (χ2v) is 7.19. The molecular formula is C22H24FN3O4. The monoisotopic (exact) mass is 413 g/mol. The van der Waals surface area contributed by atoms with Gasteiger partial charge in [-0.3, -0.25) is 14.3 Å². The zero-order chi connectivity index (χ0) is 21.3. The number of halogens is 1. The molecule has 0 N–H and O–H groups in total. The lowest BCUT2D eigenvalue weighted by Gasteiger charge is -2.22. The molecule has 0 spiro atoms. The highest BCUT2D eigenvalue weighted by molar-refractivity contribution is 5.77. The van der Waals surface area contributed by atoms with Gasteiger partial charge >= 0.3 is 0 Å². The Labute approximate surface area is 173 Å². The Morgan fingerprint density at radius 3 is 2.43 bits per heavy atom. The molecule has 0 saturated heterocycles. The summed E-state index contributed by atoms with van der Waals surface area (Å²) in [6.07, 6.45) is 0.623. The van der Waals surface area contributed by atoms with Crippen molar-refractivity contribution in [2.24, 2.45) is 0 Å². The first kappa shape index (κ1) is 20.2. The van der Waals surface area contributed by atoms with E-state index in [9.17, 15) is 9.18 Å². The number of benzene rings is 2. The van der Waals surface area contributed by atoms with E-state index in [0.717, 1.165) is 17.9 Å². The van der Waals surface area contributed by atoms with Crippen LogP contribution in [0.15, 0.2) is 35.1 Å². The van der Waals surface area contributed by atoms with Crippen LogP contribution in [0.3, 0.4) is 0 Å². The van der Waals surface area contributed by atoms with Crippen LogP contribution in [0, 0.1) is 5.82 Å². The van der Waals surface area contributed by atoms with Crippen molar-refractivity contribution >= 4 is 10.9 Å².